The molecule has 1 nitrogen and oxygen atoms in total. The fraction of sp³-hybridized carbons (Fsp3) is 0.500. The van der Waals surface area contributed by atoms with E-state index < -0.39 is 0 Å². The second kappa shape index (κ2) is 7.01. The summed E-state index contributed by atoms with van der Waals surface area (Å²) < 4.78 is 14.4. The predicted molar refractivity (Wildman–Crippen MR) is 82.3 cm³/mol. The van der Waals surface area contributed by atoms with Crippen molar-refractivity contribution in [1.82, 2.24) is 5.32 Å². The van der Waals surface area contributed by atoms with Crippen molar-refractivity contribution in [2.24, 2.45) is 0 Å². The van der Waals surface area contributed by atoms with Crippen LogP contribution >= 0.6 is 11.3 Å². The summed E-state index contributed by atoms with van der Waals surface area (Å²) in [5, 5.41) is 4.58. The molecule has 2 aromatic rings. The number of thiophene rings is 1. The van der Waals surface area contributed by atoms with Crippen LogP contribution in [0.2, 0.25) is 0 Å². The van der Waals surface area contributed by atoms with Crippen LogP contribution in [-0.2, 0) is 0 Å². The Morgan fingerprint density at radius 1 is 1.21 bits per heavy atom. The second-order valence-electron chi connectivity index (χ2n) is 4.94. The Morgan fingerprint density at radius 2 is 2.05 bits per heavy atom. The lowest BCUT2D eigenvalue weighted by molar-refractivity contribution is 0.493. The van der Waals surface area contributed by atoms with Crippen LogP contribution in [0.15, 0.2) is 24.3 Å². The molecular weight excluding hydrogens is 257 g/mol. The van der Waals surface area contributed by atoms with Crippen LogP contribution in [0.25, 0.3) is 10.1 Å². The highest BCUT2D eigenvalue weighted by molar-refractivity contribution is 7.19. The van der Waals surface area contributed by atoms with Crippen molar-refractivity contribution in [2.75, 3.05) is 6.54 Å². The molecule has 19 heavy (non-hydrogen) atoms. The maximum Gasteiger partial charge on any atom is 0.123 e. The predicted octanol–water partition coefficient (Wildman–Crippen LogP) is 5.27. The zero-order chi connectivity index (χ0) is 13.7. The van der Waals surface area contributed by atoms with Crippen LogP contribution in [0.5, 0.6) is 0 Å². The highest BCUT2D eigenvalue weighted by atomic mass is 32.1. The third kappa shape index (κ3) is 3.77. The third-order valence-electron chi connectivity index (χ3n) is 3.39. The van der Waals surface area contributed by atoms with Gasteiger partial charge in [0.15, 0.2) is 0 Å². The molecule has 0 saturated carbocycles. The highest BCUT2D eigenvalue weighted by Crippen LogP contribution is 2.32. The summed E-state index contributed by atoms with van der Waals surface area (Å²) in [4.78, 5) is 1.33. The zero-order valence-corrected chi connectivity index (χ0v) is 12.5. The van der Waals surface area contributed by atoms with E-state index in [1.54, 1.807) is 23.5 Å². The largest absolute Gasteiger partial charge is 0.310 e. The van der Waals surface area contributed by atoms with Gasteiger partial charge in [0.2, 0.25) is 0 Å². The molecule has 1 unspecified atom stereocenters. The maximum absolute atomic E-state index is 13.2. The Morgan fingerprint density at radius 3 is 2.79 bits per heavy atom. The van der Waals surface area contributed by atoms with Crippen LogP contribution in [0.3, 0.4) is 0 Å². The van der Waals surface area contributed by atoms with E-state index >= 15 is 0 Å². The fourth-order valence-corrected chi connectivity index (χ4v) is 3.55. The molecule has 0 saturated heterocycles. The van der Waals surface area contributed by atoms with Crippen LogP contribution in [0, 0.1) is 5.82 Å². The Labute approximate surface area is 118 Å². The van der Waals surface area contributed by atoms with Gasteiger partial charge in [-0.1, -0.05) is 33.1 Å². The SMILES string of the molecule is CCCCCC(NCC)c1cc2cc(F)ccc2s1. The van der Waals surface area contributed by atoms with Gasteiger partial charge < -0.3 is 5.32 Å². The number of hydrogen-bond acceptors (Lipinski definition) is 2. The second-order valence-corrected chi connectivity index (χ2v) is 6.05. The normalized spacial score (nSPS) is 13.0. The van der Waals surface area contributed by atoms with Crippen LogP contribution in [0.1, 0.15) is 50.4 Å². The molecular formula is C16H22FNS. The van der Waals surface area contributed by atoms with E-state index in [0.29, 0.717) is 6.04 Å². The molecule has 0 amide bonds. The Bertz CT molecular complexity index is 520. The first kappa shape index (κ1) is 14.5. The topological polar surface area (TPSA) is 12.0 Å². The summed E-state index contributed by atoms with van der Waals surface area (Å²) in [6, 6.07) is 7.61. The number of nitrogens with one attached hydrogen (secondary N) is 1. The van der Waals surface area contributed by atoms with Crippen molar-refractivity contribution in [3.05, 3.63) is 35.0 Å². The molecule has 0 spiro atoms. The number of fused-ring (bicyclic) bond motifs is 1. The fourth-order valence-electron chi connectivity index (χ4n) is 2.40. The van der Waals surface area contributed by atoms with Gasteiger partial charge in [0.1, 0.15) is 5.82 Å². The van der Waals surface area contributed by atoms with Crippen molar-refractivity contribution >= 4 is 21.4 Å². The Hall–Kier alpha value is -0.930. The molecule has 1 N–H and O–H groups in total. The zero-order valence-electron chi connectivity index (χ0n) is 11.7. The smallest absolute Gasteiger partial charge is 0.123 e. The number of rotatable bonds is 7. The summed E-state index contributed by atoms with van der Waals surface area (Å²) in [7, 11) is 0. The van der Waals surface area contributed by atoms with Crippen LogP contribution in [0.4, 0.5) is 4.39 Å². The third-order valence-corrected chi connectivity index (χ3v) is 4.62. The van der Waals surface area contributed by atoms with Gasteiger partial charge in [0.05, 0.1) is 0 Å². The average Bonchev–Trinajstić information content (AvgIpc) is 2.80. The molecule has 2 rings (SSSR count). The first-order chi connectivity index (χ1) is 9.24. The first-order valence-corrected chi connectivity index (χ1v) is 7.98. The van der Waals surface area contributed by atoms with Gasteiger partial charge in [0.25, 0.3) is 0 Å². The van der Waals surface area contributed by atoms with E-state index in [9.17, 15) is 4.39 Å². The number of hydrogen-bond donors (Lipinski definition) is 1. The first-order valence-electron chi connectivity index (χ1n) is 7.17. The van der Waals surface area contributed by atoms with E-state index in [4.69, 9.17) is 0 Å². The van der Waals surface area contributed by atoms with E-state index in [1.807, 2.05) is 6.07 Å². The molecule has 0 radical (unpaired) electrons. The van der Waals surface area contributed by atoms with Crippen molar-refractivity contribution in [1.29, 1.82) is 0 Å². The molecule has 104 valence electrons. The molecule has 0 aliphatic carbocycles. The van der Waals surface area contributed by atoms with Gasteiger partial charge in [-0.05, 0) is 42.6 Å². The lowest BCUT2D eigenvalue weighted by Gasteiger charge is -2.15. The summed E-state index contributed by atoms with van der Waals surface area (Å²) >= 11 is 1.78. The summed E-state index contributed by atoms with van der Waals surface area (Å²) in [5.74, 6) is -0.150. The van der Waals surface area contributed by atoms with Gasteiger partial charge in [-0.3, -0.25) is 0 Å². The Balaban J connectivity index is 2.17. The van der Waals surface area contributed by atoms with Gasteiger partial charge in [-0.25, -0.2) is 4.39 Å². The van der Waals surface area contributed by atoms with E-state index in [0.717, 1.165) is 18.4 Å². The summed E-state index contributed by atoms with van der Waals surface area (Å²) in [5.41, 5.74) is 0. The van der Waals surface area contributed by atoms with E-state index in [2.05, 4.69) is 25.2 Å². The quantitative estimate of drug-likeness (QED) is 0.681. The summed E-state index contributed by atoms with van der Waals surface area (Å²) in [6.07, 6.45) is 4.94. The van der Waals surface area contributed by atoms with Crippen LogP contribution < -0.4 is 5.32 Å². The molecule has 1 aromatic carbocycles. The van der Waals surface area contributed by atoms with Crippen molar-refractivity contribution in [3.8, 4) is 0 Å². The minimum Gasteiger partial charge on any atom is -0.310 e. The van der Waals surface area contributed by atoms with Crippen molar-refractivity contribution in [2.45, 2.75) is 45.6 Å². The molecule has 0 fully saturated rings. The molecule has 0 aliphatic rings. The average molecular weight is 279 g/mol. The van der Waals surface area contributed by atoms with Gasteiger partial charge >= 0.3 is 0 Å². The molecule has 1 aromatic heterocycles. The maximum atomic E-state index is 13.2. The number of unbranched alkanes of at least 4 members (excludes halogenated alkanes) is 2. The van der Waals surface area contributed by atoms with Crippen molar-refractivity contribution < 1.29 is 4.39 Å². The Kier molecular flexibility index (Phi) is 5.34. The van der Waals surface area contributed by atoms with Gasteiger partial charge in [-0.15, -0.1) is 11.3 Å². The van der Waals surface area contributed by atoms with E-state index in [-0.39, 0.29) is 5.82 Å². The van der Waals surface area contributed by atoms with Gasteiger partial charge in [-0.2, -0.15) is 0 Å². The van der Waals surface area contributed by atoms with E-state index in [1.165, 1.54) is 28.8 Å². The lowest BCUT2D eigenvalue weighted by atomic mass is 10.1. The molecule has 1 heterocycles. The molecule has 0 aliphatic heterocycles. The standard InChI is InChI=1S/C16H22FNS/c1-3-5-6-7-14(18-4-2)16-11-12-10-13(17)8-9-15(12)19-16/h8-11,14,18H,3-7H2,1-2H3. The minimum atomic E-state index is -0.150. The number of benzene rings is 1. The molecule has 1 atom stereocenters. The summed E-state index contributed by atoms with van der Waals surface area (Å²) in [6.45, 7) is 5.34. The van der Waals surface area contributed by atoms with Crippen LogP contribution in [-0.4, -0.2) is 6.54 Å². The molecule has 0 bridgehead atoms. The monoisotopic (exact) mass is 279 g/mol. The van der Waals surface area contributed by atoms with Crippen molar-refractivity contribution in [3.63, 3.8) is 0 Å². The number of halogens is 1. The van der Waals surface area contributed by atoms with Gasteiger partial charge in [0, 0.05) is 15.6 Å². The molecule has 3 heteroatoms. The minimum absolute atomic E-state index is 0.150. The lowest BCUT2D eigenvalue weighted by Crippen LogP contribution is -2.19. The highest BCUT2D eigenvalue weighted by Gasteiger charge is 2.13.